The van der Waals surface area contributed by atoms with Gasteiger partial charge in [-0.3, -0.25) is 0 Å². The summed E-state index contributed by atoms with van der Waals surface area (Å²) in [6, 6.07) is 0. The maximum Gasteiger partial charge on any atom is 0.163 e. The second-order valence-corrected chi connectivity index (χ2v) is 3.61. The zero-order valence-corrected chi connectivity index (χ0v) is 9.06. The van der Waals surface area contributed by atoms with Crippen molar-refractivity contribution in [2.24, 2.45) is 0 Å². The molecule has 0 bridgehead atoms. The summed E-state index contributed by atoms with van der Waals surface area (Å²) in [5, 5.41) is 5.11. The molecule has 5 nitrogen and oxygen atoms in total. The van der Waals surface area contributed by atoms with Gasteiger partial charge in [0.25, 0.3) is 0 Å². The number of unbranched alkanes of at least 4 members (excludes halogenated alkanes) is 1. The summed E-state index contributed by atoms with van der Waals surface area (Å²) in [5.74, 6) is 1.21. The first-order chi connectivity index (χ1) is 7.22. The highest BCUT2D eigenvalue weighted by atomic mass is 15.3. The van der Waals surface area contributed by atoms with Crippen molar-refractivity contribution in [1.82, 2.24) is 19.7 Å². The highest BCUT2D eigenvalue weighted by Gasteiger charge is 2.08. The van der Waals surface area contributed by atoms with E-state index in [0.29, 0.717) is 11.6 Å². The number of nitrogen functional groups attached to an aromatic ring is 1. The van der Waals surface area contributed by atoms with Crippen LogP contribution < -0.4 is 5.73 Å². The van der Waals surface area contributed by atoms with Crippen molar-refractivity contribution in [3.8, 4) is 0 Å². The number of fused-ring (bicyclic) bond motifs is 1. The third kappa shape index (κ3) is 1.77. The van der Waals surface area contributed by atoms with Gasteiger partial charge in [-0.2, -0.15) is 5.10 Å². The fourth-order valence-electron chi connectivity index (χ4n) is 1.56. The SMILES string of the molecule is CCCCn1ncc2c(N)nc(C)nc21. The molecular weight excluding hydrogens is 190 g/mol. The standard InChI is InChI=1S/C10H15N5/c1-3-4-5-15-10-8(6-12-15)9(11)13-7(2)14-10/h6H,3-5H2,1-2H3,(H2,11,13,14). The quantitative estimate of drug-likeness (QED) is 0.824. The zero-order valence-electron chi connectivity index (χ0n) is 9.06. The summed E-state index contributed by atoms with van der Waals surface area (Å²) in [5.41, 5.74) is 6.64. The van der Waals surface area contributed by atoms with Crippen molar-refractivity contribution in [3.63, 3.8) is 0 Å². The number of rotatable bonds is 3. The van der Waals surface area contributed by atoms with E-state index >= 15 is 0 Å². The van der Waals surface area contributed by atoms with E-state index in [1.807, 2.05) is 11.6 Å². The van der Waals surface area contributed by atoms with Crippen molar-refractivity contribution in [3.05, 3.63) is 12.0 Å². The van der Waals surface area contributed by atoms with E-state index in [9.17, 15) is 0 Å². The van der Waals surface area contributed by atoms with Crippen LogP contribution in [0.3, 0.4) is 0 Å². The van der Waals surface area contributed by atoms with Crippen LogP contribution in [0.1, 0.15) is 25.6 Å². The van der Waals surface area contributed by atoms with Crippen LogP contribution in [-0.2, 0) is 6.54 Å². The van der Waals surface area contributed by atoms with Crippen LogP contribution in [-0.4, -0.2) is 19.7 Å². The number of nitrogens with two attached hydrogens (primary N) is 1. The molecule has 0 aliphatic carbocycles. The number of aromatic nitrogens is 4. The molecule has 2 rings (SSSR count). The van der Waals surface area contributed by atoms with Crippen LogP contribution in [0.25, 0.3) is 11.0 Å². The molecule has 0 aromatic carbocycles. The van der Waals surface area contributed by atoms with E-state index in [1.165, 1.54) is 0 Å². The fourth-order valence-corrected chi connectivity index (χ4v) is 1.56. The molecule has 2 heterocycles. The normalized spacial score (nSPS) is 11.1. The molecule has 0 saturated heterocycles. The third-order valence-electron chi connectivity index (χ3n) is 2.36. The number of aryl methyl sites for hydroxylation is 2. The maximum absolute atomic E-state index is 5.79. The van der Waals surface area contributed by atoms with Gasteiger partial charge in [-0.05, 0) is 13.3 Å². The van der Waals surface area contributed by atoms with Crippen molar-refractivity contribution in [2.45, 2.75) is 33.2 Å². The summed E-state index contributed by atoms with van der Waals surface area (Å²) in [4.78, 5) is 8.47. The van der Waals surface area contributed by atoms with Gasteiger partial charge in [0.15, 0.2) is 5.65 Å². The van der Waals surface area contributed by atoms with E-state index in [2.05, 4.69) is 22.0 Å². The topological polar surface area (TPSA) is 69.6 Å². The Morgan fingerprint density at radius 1 is 1.40 bits per heavy atom. The number of hydrogen-bond donors (Lipinski definition) is 1. The molecule has 2 aromatic rings. The number of nitrogens with zero attached hydrogens (tertiary/aromatic N) is 4. The van der Waals surface area contributed by atoms with Gasteiger partial charge >= 0.3 is 0 Å². The van der Waals surface area contributed by atoms with Gasteiger partial charge in [-0.25, -0.2) is 14.6 Å². The van der Waals surface area contributed by atoms with Crippen molar-refractivity contribution >= 4 is 16.9 Å². The average Bonchev–Trinajstić information content (AvgIpc) is 2.58. The third-order valence-corrected chi connectivity index (χ3v) is 2.36. The van der Waals surface area contributed by atoms with Crippen molar-refractivity contribution in [2.75, 3.05) is 5.73 Å². The Morgan fingerprint density at radius 2 is 2.20 bits per heavy atom. The van der Waals surface area contributed by atoms with Crippen LogP contribution in [0, 0.1) is 6.92 Å². The highest BCUT2D eigenvalue weighted by molar-refractivity contribution is 5.84. The molecule has 15 heavy (non-hydrogen) atoms. The Balaban J connectivity index is 2.49. The Bertz CT molecular complexity index is 474. The Hall–Kier alpha value is -1.65. The lowest BCUT2D eigenvalue weighted by atomic mass is 10.3. The van der Waals surface area contributed by atoms with Gasteiger partial charge in [0.2, 0.25) is 0 Å². The van der Waals surface area contributed by atoms with E-state index < -0.39 is 0 Å². The molecule has 2 N–H and O–H groups in total. The van der Waals surface area contributed by atoms with Crippen molar-refractivity contribution < 1.29 is 0 Å². The summed E-state index contributed by atoms with van der Waals surface area (Å²) in [7, 11) is 0. The second kappa shape index (κ2) is 3.84. The Kier molecular flexibility index (Phi) is 2.53. The summed E-state index contributed by atoms with van der Waals surface area (Å²) in [6.07, 6.45) is 3.97. The minimum absolute atomic E-state index is 0.514. The Labute approximate surface area is 88.3 Å². The van der Waals surface area contributed by atoms with Gasteiger partial charge in [0.05, 0.1) is 11.6 Å². The summed E-state index contributed by atoms with van der Waals surface area (Å²) in [6.45, 7) is 4.88. The molecule has 2 aromatic heterocycles. The van der Waals surface area contributed by atoms with Gasteiger partial charge in [0, 0.05) is 6.54 Å². The van der Waals surface area contributed by atoms with Crippen LogP contribution in [0.2, 0.25) is 0 Å². The van der Waals surface area contributed by atoms with Crippen LogP contribution >= 0.6 is 0 Å². The molecule has 0 fully saturated rings. The number of hydrogen-bond acceptors (Lipinski definition) is 4. The van der Waals surface area contributed by atoms with Gasteiger partial charge in [-0.1, -0.05) is 13.3 Å². The van der Waals surface area contributed by atoms with Gasteiger partial charge < -0.3 is 5.73 Å². The minimum Gasteiger partial charge on any atom is -0.383 e. The number of anilines is 1. The molecule has 5 heteroatoms. The zero-order chi connectivity index (χ0) is 10.8. The molecule has 0 unspecified atom stereocenters. The molecule has 0 atom stereocenters. The van der Waals surface area contributed by atoms with Gasteiger partial charge in [-0.15, -0.1) is 0 Å². The molecule has 0 radical (unpaired) electrons. The summed E-state index contributed by atoms with van der Waals surface area (Å²) >= 11 is 0. The minimum atomic E-state index is 0.514. The molecule has 80 valence electrons. The first kappa shape index (κ1) is 9.89. The van der Waals surface area contributed by atoms with E-state index in [0.717, 1.165) is 30.4 Å². The maximum atomic E-state index is 5.79. The Morgan fingerprint density at radius 3 is 2.93 bits per heavy atom. The fraction of sp³-hybridized carbons (Fsp3) is 0.500. The predicted molar refractivity (Wildman–Crippen MR) is 59.4 cm³/mol. The lowest BCUT2D eigenvalue weighted by Gasteiger charge is -2.02. The molecule has 0 aliphatic rings. The van der Waals surface area contributed by atoms with Crippen LogP contribution in [0.15, 0.2) is 6.20 Å². The van der Waals surface area contributed by atoms with Crippen LogP contribution in [0.5, 0.6) is 0 Å². The first-order valence-electron chi connectivity index (χ1n) is 5.18. The smallest absolute Gasteiger partial charge is 0.163 e. The monoisotopic (exact) mass is 205 g/mol. The molecule has 0 saturated carbocycles. The van der Waals surface area contributed by atoms with Crippen LogP contribution in [0.4, 0.5) is 5.82 Å². The molecule has 0 amide bonds. The van der Waals surface area contributed by atoms with Gasteiger partial charge in [0.1, 0.15) is 11.6 Å². The summed E-state index contributed by atoms with van der Waals surface area (Å²) < 4.78 is 1.89. The molecule has 0 spiro atoms. The van der Waals surface area contributed by atoms with Crippen molar-refractivity contribution in [1.29, 1.82) is 0 Å². The largest absolute Gasteiger partial charge is 0.383 e. The first-order valence-corrected chi connectivity index (χ1v) is 5.18. The highest BCUT2D eigenvalue weighted by Crippen LogP contribution is 2.17. The van der Waals surface area contributed by atoms with E-state index in [-0.39, 0.29) is 0 Å². The lowest BCUT2D eigenvalue weighted by molar-refractivity contribution is 0.583. The molecular formula is C10H15N5. The van der Waals surface area contributed by atoms with E-state index in [1.54, 1.807) is 6.20 Å². The van der Waals surface area contributed by atoms with E-state index in [4.69, 9.17) is 5.73 Å². The average molecular weight is 205 g/mol. The lowest BCUT2D eigenvalue weighted by Crippen LogP contribution is -2.03. The molecule has 0 aliphatic heterocycles. The predicted octanol–water partition coefficient (Wildman–Crippen LogP) is 1.52. The second-order valence-electron chi connectivity index (χ2n) is 3.61.